The van der Waals surface area contributed by atoms with E-state index in [1.807, 2.05) is 0 Å². The first kappa shape index (κ1) is 16.7. The smallest absolute Gasteiger partial charge is 0.420 e. The maximum Gasteiger partial charge on any atom is 0.420 e. The van der Waals surface area contributed by atoms with Crippen molar-refractivity contribution in [1.29, 1.82) is 0 Å². The van der Waals surface area contributed by atoms with E-state index in [9.17, 15) is 28.1 Å². The molecule has 0 spiro atoms. The number of halogens is 3. The van der Waals surface area contributed by atoms with Crippen LogP contribution in [0.5, 0.6) is 5.75 Å². The van der Waals surface area contributed by atoms with Gasteiger partial charge >= 0.3 is 12.1 Å². The summed E-state index contributed by atoms with van der Waals surface area (Å²) in [5.74, 6) is -1.51. The van der Waals surface area contributed by atoms with Crippen LogP contribution in [-0.2, 0) is 15.7 Å². The van der Waals surface area contributed by atoms with Gasteiger partial charge < -0.3 is 9.47 Å². The van der Waals surface area contributed by atoms with Gasteiger partial charge in [0.05, 0.1) is 11.0 Å². The van der Waals surface area contributed by atoms with E-state index in [2.05, 4.69) is 0 Å². The van der Waals surface area contributed by atoms with Gasteiger partial charge in [0.15, 0.2) is 6.61 Å². The molecule has 0 N–H and O–H groups in total. The maximum absolute atomic E-state index is 12.8. The van der Waals surface area contributed by atoms with Crippen molar-refractivity contribution in [3.8, 4) is 5.75 Å². The highest BCUT2D eigenvalue weighted by atomic mass is 19.4. The number of ether oxygens (including phenoxy) is 2. The van der Waals surface area contributed by atoms with E-state index in [1.165, 1.54) is 0 Å². The third-order valence-corrected chi connectivity index (χ3v) is 2.19. The summed E-state index contributed by atoms with van der Waals surface area (Å²) in [4.78, 5) is 20.8. The van der Waals surface area contributed by atoms with Gasteiger partial charge in [-0.05, 0) is 19.9 Å². The molecule has 0 atom stereocenters. The van der Waals surface area contributed by atoms with E-state index < -0.39 is 46.8 Å². The molecule has 0 aliphatic rings. The van der Waals surface area contributed by atoms with Crippen LogP contribution in [0.2, 0.25) is 0 Å². The van der Waals surface area contributed by atoms with Crippen LogP contribution in [0.15, 0.2) is 18.2 Å². The second kappa shape index (κ2) is 6.42. The summed E-state index contributed by atoms with van der Waals surface area (Å²) in [5, 5.41) is 10.5. The molecule has 9 heteroatoms. The molecule has 0 aromatic heterocycles. The second-order valence-corrected chi connectivity index (χ2v) is 4.26. The van der Waals surface area contributed by atoms with Crippen LogP contribution in [-0.4, -0.2) is 23.6 Å². The normalized spacial score (nSPS) is 11.3. The van der Waals surface area contributed by atoms with Gasteiger partial charge in [-0.2, -0.15) is 13.2 Å². The highest BCUT2D eigenvalue weighted by Gasteiger charge is 2.36. The second-order valence-electron chi connectivity index (χ2n) is 4.26. The summed E-state index contributed by atoms with van der Waals surface area (Å²) >= 11 is 0. The number of carbonyl (C=O) groups is 1. The molecule has 0 unspecified atom stereocenters. The molecule has 1 aromatic carbocycles. The predicted octanol–water partition coefficient (Wildman–Crippen LogP) is 2.94. The van der Waals surface area contributed by atoms with Gasteiger partial charge in [0.2, 0.25) is 0 Å². The lowest BCUT2D eigenvalue weighted by Gasteiger charge is -2.14. The Balaban J connectivity index is 2.96. The number of nitrogens with zero attached hydrogens (tertiary/aromatic N) is 1. The number of hydrogen-bond acceptors (Lipinski definition) is 5. The highest BCUT2D eigenvalue weighted by Crippen LogP contribution is 2.38. The molecular weight excluding hydrogens is 295 g/mol. The van der Waals surface area contributed by atoms with Gasteiger partial charge in [-0.15, -0.1) is 0 Å². The number of alkyl halides is 3. The molecule has 21 heavy (non-hydrogen) atoms. The topological polar surface area (TPSA) is 78.7 Å². The molecule has 0 saturated carbocycles. The number of non-ortho nitro benzene ring substituents is 1. The van der Waals surface area contributed by atoms with Crippen LogP contribution in [0.3, 0.4) is 0 Å². The minimum absolute atomic E-state index is 0.350. The lowest BCUT2D eigenvalue weighted by Crippen LogP contribution is -2.20. The standard InChI is InChI=1S/C12H12F3NO5/c1-7(2)21-11(17)6-20-10-4-3-8(16(18)19)5-9(10)12(13,14)15/h3-5,7H,6H2,1-2H3. The first-order valence-corrected chi connectivity index (χ1v) is 5.79. The molecule has 0 fully saturated rings. The average molecular weight is 307 g/mol. The van der Waals surface area contributed by atoms with Crippen LogP contribution in [0, 0.1) is 10.1 Å². The third kappa shape index (κ3) is 4.93. The highest BCUT2D eigenvalue weighted by molar-refractivity contribution is 5.71. The Bertz CT molecular complexity index is 542. The van der Waals surface area contributed by atoms with E-state index in [0.29, 0.717) is 6.07 Å². The fourth-order valence-electron chi connectivity index (χ4n) is 1.41. The minimum Gasteiger partial charge on any atom is -0.481 e. The Labute approximate surface area is 117 Å². The van der Waals surface area contributed by atoms with Crippen molar-refractivity contribution in [1.82, 2.24) is 0 Å². The van der Waals surface area contributed by atoms with Crippen molar-refractivity contribution in [2.45, 2.75) is 26.1 Å². The maximum atomic E-state index is 12.8. The first-order chi connectivity index (χ1) is 9.61. The summed E-state index contributed by atoms with van der Waals surface area (Å²) in [6.45, 7) is 2.43. The Morgan fingerprint density at radius 3 is 2.48 bits per heavy atom. The largest absolute Gasteiger partial charge is 0.481 e. The fourth-order valence-corrected chi connectivity index (χ4v) is 1.41. The van der Waals surface area contributed by atoms with Gasteiger partial charge in [0.25, 0.3) is 5.69 Å². The van der Waals surface area contributed by atoms with Gasteiger partial charge in [-0.25, -0.2) is 4.79 Å². The number of carbonyl (C=O) groups excluding carboxylic acids is 1. The Morgan fingerprint density at radius 1 is 1.38 bits per heavy atom. The molecular formula is C12H12F3NO5. The van der Waals surface area contributed by atoms with Crippen molar-refractivity contribution in [3.05, 3.63) is 33.9 Å². The van der Waals surface area contributed by atoms with Crippen LogP contribution in [0.4, 0.5) is 18.9 Å². The molecule has 6 nitrogen and oxygen atoms in total. The van der Waals surface area contributed by atoms with E-state index in [-0.39, 0.29) is 0 Å². The Morgan fingerprint density at radius 2 is 2.00 bits per heavy atom. The SMILES string of the molecule is CC(C)OC(=O)COc1ccc([N+](=O)[O-])cc1C(F)(F)F. The van der Waals surface area contributed by atoms with Crippen molar-refractivity contribution in [3.63, 3.8) is 0 Å². The molecule has 116 valence electrons. The molecule has 0 aliphatic carbocycles. The number of hydrogen-bond donors (Lipinski definition) is 0. The van der Waals surface area contributed by atoms with E-state index in [4.69, 9.17) is 9.47 Å². The summed E-state index contributed by atoms with van der Waals surface area (Å²) in [5.41, 5.74) is -2.05. The monoisotopic (exact) mass is 307 g/mol. The lowest BCUT2D eigenvalue weighted by molar-refractivity contribution is -0.385. The molecule has 0 amide bonds. The molecule has 0 aliphatic heterocycles. The summed E-state index contributed by atoms with van der Waals surface area (Å²) < 4.78 is 47.9. The van der Waals surface area contributed by atoms with E-state index >= 15 is 0 Å². The fraction of sp³-hybridized carbons (Fsp3) is 0.417. The van der Waals surface area contributed by atoms with Crippen molar-refractivity contribution < 1.29 is 32.4 Å². The van der Waals surface area contributed by atoms with Crippen LogP contribution < -0.4 is 4.74 Å². The minimum atomic E-state index is -4.84. The number of nitro groups is 1. The quantitative estimate of drug-likeness (QED) is 0.475. The van der Waals surface area contributed by atoms with Crippen LogP contribution in [0.25, 0.3) is 0 Å². The summed E-state index contributed by atoms with van der Waals surface area (Å²) in [6.07, 6.45) is -5.27. The molecule has 0 radical (unpaired) electrons. The zero-order valence-corrected chi connectivity index (χ0v) is 11.1. The predicted molar refractivity (Wildman–Crippen MR) is 64.8 cm³/mol. The lowest BCUT2D eigenvalue weighted by atomic mass is 10.1. The van der Waals surface area contributed by atoms with E-state index in [1.54, 1.807) is 13.8 Å². The Hall–Kier alpha value is -2.32. The number of nitro benzene ring substituents is 1. The summed E-state index contributed by atoms with van der Waals surface area (Å²) in [6, 6.07) is 2.01. The van der Waals surface area contributed by atoms with Gasteiger partial charge in [0.1, 0.15) is 11.3 Å². The number of rotatable bonds is 5. The molecule has 0 heterocycles. The molecule has 0 saturated heterocycles. The van der Waals surface area contributed by atoms with Crippen molar-refractivity contribution >= 4 is 11.7 Å². The van der Waals surface area contributed by atoms with Gasteiger partial charge in [0, 0.05) is 12.1 Å². The summed E-state index contributed by atoms with van der Waals surface area (Å²) in [7, 11) is 0. The van der Waals surface area contributed by atoms with Crippen LogP contribution in [0.1, 0.15) is 19.4 Å². The number of benzene rings is 1. The van der Waals surface area contributed by atoms with Crippen molar-refractivity contribution in [2.24, 2.45) is 0 Å². The van der Waals surface area contributed by atoms with E-state index in [0.717, 1.165) is 12.1 Å². The van der Waals surface area contributed by atoms with Crippen molar-refractivity contribution in [2.75, 3.05) is 6.61 Å². The Kier molecular flexibility index (Phi) is 5.12. The zero-order chi connectivity index (χ0) is 16.2. The van der Waals surface area contributed by atoms with Gasteiger partial charge in [-0.1, -0.05) is 0 Å². The number of esters is 1. The van der Waals surface area contributed by atoms with Crippen LogP contribution >= 0.6 is 0 Å². The molecule has 1 rings (SSSR count). The third-order valence-electron chi connectivity index (χ3n) is 2.19. The zero-order valence-electron chi connectivity index (χ0n) is 11.1. The van der Waals surface area contributed by atoms with Gasteiger partial charge in [-0.3, -0.25) is 10.1 Å². The first-order valence-electron chi connectivity index (χ1n) is 5.79. The molecule has 0 bridgehead atoms. The average Bonchev–Trinajstić information content (AvgIpc) is 2.34. The molecule has 1 aromatic rings.